The molecule has 1 rings (SSSR count). The molecule has 9 nitrogen and oxygen atoms in total. The second-order valence-electron chi connectivity index (χ2n) is 3.72. The number of hydrogen-bond acceptors (Lipinski definition) is 7. The van der Waals surface area contributed by atoms with E-state index in [-0.39, 0.29) is 6.61 Å². The first kappa shape index (κ1) is 14.6. The Morgan fingerprint density at radius 3 is 2.39 bits per heavy atom. The van der Waals surface area contributed by atoms with Crippen LogP contribution in [0.15, 0.2) is 0 Å². The van der Waals surface area contributed by atoms with Crippen molar-refractivity contribution in [2.24, 2.45) is 5.73 Å². The fourth-order valence-electron chi connectivity index (χ4n) is 1.52. The van der Waals surface area contributed by atoms with E-state index in [4.69, 9.17) is 10.5 Å². The normalized spacial score (nSPS) is 35.9. The number of carbonyl (C=O) groups excluding carboxylic acids is 2. The summed E-state index contributed by atoms with van der Waals surface area (Å²) >= 11 is 0. The molecule has 0 bridgehead atoms. The minimum absolute atomic E-state index is 0.0963. The van der Waals surface area contributed by atoms with Crippen LogP contribution in [0.4, 0.5) is 4.79 Å². The summed E-state index contributed by atoms with van der Waals surface area (Å²) in [5.41, 5.74) is 4.96. The smallest absolute Gasteiger partial charge is 0.409 e. The lowest BCUT2D eigenvalue weighted by atomic mass is 9.98. The molecule has 9 heteroatoms. The van der Waals surface area contributed by atoms with E-state index in [0.717, 1.165) is 0 Å². The van der Waals surface area contributed by atoms with Gasteiger partial charge in [0.1, 0.15) is 18.3 Å². The molecule has 0 aromatic carbocycles. The van der Waals surface area contributed by atoms with E-state index in [1.807, 2.05) is 0 Å². The Hall–Kier alpha value is -1.42. The van der Waals surface area contributed by atoms with E-state index < -0.39 is 42.6 Å². The Kier molecular flexibility index (Phi) is 4.84. The van der Waals surface area contributed by atoms with Gasteiger partial charge in [0.25, 0.3) is 0 Å². The summed E-state index contributed by atoms with van der Waals surface area (Å²) < 4.78 is 9.46. The van der Waals surface area contributed by atoms with Gasteiger partial charge < -0.3 is 30.5 Å². The minimum Gasteiger partial charge on any atom is -0.450 e. The average molecular weight is 264 g/mol. The highest BCUT2D eigenvalue weighted by molar-refractivity contribution is 5.80. The van der Waals surface area contributed by atoms with Gasteiger partial charge in [-0.2, -0.15) is 0 Å². The molecule has 18 heavy (non-hydrogen) atoms. The molecule has 0 spiro atoms. The number of amides is 2. The maximum Gasteiger partial charge on any atom is 0.409 e. The van der Waals surface area contributed by atoms with E-state index >= 15 is 0 Å². The van der Waals surface area contributed by atoms with Crippen molar-refractivity contribution < 1.29 is 34.4 Å². The molecule has 2 amide bonds. The maximum atomic E-state index is 11.1. The van der Waals surface area contributed by atoms with Crippen molar-refractivity contribution in [2.45, 2.75) is 37.6 Å². The third-order valence-electron chi connectivity index (χ3n) is 2.43. The minimum atomic E-state index is -1.68. The zero-order chi connectivity index (χ0) is 13.9. The van der Waals surface area contributed by atoms with Crippen molar-refractivity contribution in [3.63, 3.8) is 0 Å². The fraction of sp³-hybridized carbons (Fsp3) is 0.778. The van der Waals surface area contributed by atoms with Crippen LogP contribution in [0, 0.1) is 0 Å². The van der Waals surface area contributed by atoms with Gasteiger partial charge in [-0.15, -0.1) is 0 Å². The average Bonchev–Trinajstić information content (AvgIpc) is 2.30. The van der Waals surface area contributed by atoms with Crippen molar-refractivity contribution in [1.82, 2.24) is 5.32 Å². The van der Waals surface area contributed by atoms with Crippen LogP contribution >= 0.6 is 0 Å². The van der Waals surface area contributed by atoms with Crippen molar-refractivity contribution >= 4 is 12.0 Å². The maximum absolute atomic E-state index is 11.1. The molecular weight excluding hydrogens is 248 g/mol. The first-order chi connectivity index (χ1) is 8.38. The van der Waals surface area contributed by atoms with Crippen LogP contribution in [0.25, 0.3) is 0 Å². The molecule has 1 heterocycles. The summed E-state index contributed by atoms with van der Waals surface area (Å²) in [6, 6.07) is 0. The van der Waals surface area contributed by atoms with E-state index in [2.05, 4.69) is 10.1 Å². The Balaban J connectivity index is 2.73. The van der Waals surface area contributed by atoms with Gasteiger partial charge in [0.05, 0.1) is 6.61 Å². The van der Waals surface area contributed by atoms with Gasteiger partial charge in [0.15, 0.2) is 12.3 Å². The lowest BCUT2D eigenvalue weighted by Gasteiger charge is -2.39. The Labute approximate surface area is 102 Å². The Morgan fingerprint density at radius 1 is 1.28 bits per heavy atom. The third-order valence-corrected chi connectivity index (χ3v) is 2.43. The van der Waals surface area contributed by atoms with Gasteiger partial charge >= 0.3 is 6.09 Å². The first-order valence-electron chi connectivity index (χ1n) is 5.30. The van der Waals surface area contributed by atoms with Crippen LogP contribution in [0.5, 0.6) is 0 Å². The number of primary amides is 1. The van der Waals surface area contributed by atoms with Crippen LogP contribution in [0.1, 0.15) is 6.92 Å². The van der Waals surface area contributed by atoms with E-state index in [0.29, 0.717) is 0 Å². The molecule has 5 atom stereocenters. The molecule has 0 saturated carbocycles. The highest BCUT2D eigenvalue weighted by Crippen LogP contribution is 2.19. The molecule has 104 valence electrons. The second kappa shape index (κ2) is 5.96. The number of alkyl carbamates (subject to hydrolysis) is 1. The van der Waals surface area contributed by atoms with Gasteiger partial charge in [-0.05, 0) is 6.92 Å². The first-order valence-corrected chi connectivity index (χ1v) is 5.30. The van der Waals surface area contributed by atoms with Crippen molar-refractivity contribution in [1.29, 1.82) is 0 Å². The van der Waals surface area contributed by atoms with E-state index in [1.54, 1.807) is 6.92 Å². The van der Waals surface area contributed by atoms with Crippen molar-refractivity contribution in [3.8, 4) is 0 Å². The fourth-order valence-corrected chi connectivity index (χ4v) is 1.52. The van der Waals surface area contributed by atoms with Crippen LogP contribution in [0.2, 0.25) is 0 Å². The van der Waals surface area contributed by atoms with Crippen molar-refractivity contribution in [3.05, 3.63) is 0 Å². The molecule has 0 aromatic heterocycles. The predicted molar refractivity (Wildman–Crippen MR) is 56.0 cm³/mol. The molecule has 1 fully saturated rings. The summed E-state index contributed by atoms with van der Waals surface area (Å²) in [5, 5.41) is 30.6. The summed E-state index contributed by atoms with van der Waals surface area (Å²) in [7, 11) is 0. The number of ether oxygens (including phenoxy) is 2. The highest BCUT2D eigenvalue weighted by Gasteiger charge is 2.46. The zero-order valence-electron chi connectivity index (χ0n) is 9.65. The largest absolute Gasteiger partial charge is 0.450 e. The van der Waals surface area contributed by atoms with Gasteiger partial charge in [0, 0.05) is 0 Å². The number of aliphatic hydroxyl groups excluding tert-OH is 3. The molecule has 1 aliphatic rings. The lowest BCUT2D eigenvalue weighted by molar-refractivity contribution is -0.224. The number of nitrogens with two attached hydrogens (primary N) is 1. The quantitative estimate of drug-likeness (QED) is 0.365. The molecular formula is C9H16N2O7. The Morgan fingerprint density at radius 2 is 1.89 bits per heavy atom. The van der Waals surface area contributed by atoms with E-state index in [9.17, 15) is 24.9 Å². The predicted octanol–water partition coefficient (Wildman–Crippen LogP) is -2.97. The third kappa shape index (κ3) is 3.07. The molecule has 1 aliphatic heterocycles. The van der Waals surface area contributed by atoms with Crippen LogP contribution in [0.3, 0.4) is 0 Å². The van der Waals surface area contributed by atoms with Crippen LogP contribution < -0.4 is 11.1 Å². The molecule has 5 unspecified atom stereocenters. The zero-order valence-corrected chi connectivity index (χ0v) is 9.65. The summed E-state index contributed by atoms with van der Waals surface area (Å²) in [4.78, 5) is 22.1. The SMILES string of the molecule is CCOC(=O)NC1OC(C(N)=O)C(O)C(O)C1O. The van der Waals surface area contributed by atoms with Gasteiger partial charge in [-0.3, -0.25) is 10.1 Å². The van der Waals surface area contributed by atoms with Crippen LogP contribution in [-0.2, 0) is 14.3 Å². The molecule has 1 saturated heterocycles. The monoisotopic (exact) mass is 264 g/mol. The Bertz CT molecular complexity index is 324. The van der Waals surface area contributed by atoms with Gasteiger partial charge in [-0.1, -0.05) is 0 Å². The topological polar surface area (TPSA) is 151 Å². The lowest BCUT2D eigenvalue weighted by Crippen LogP contribution is -2.65. The molecule has 0 aromatic rings. The summed E-state index contributed by atoms with van der Waals surface area (Å²) in [6.07, 6.45) is -8.79. The number of hydrogen-bond donors (Lipinski definition) is 5. The van der Waals surface area contributed by atoms with E-state index in [1.165, 1.54) is 0 Å². The molecule has 0 radical (unpaired) electrons. The molecule has 6 N–H and O–H groups in total. The van der Waals surface area contributed by atoms with Gasteiger partial charge in [-0.25, -0.2) is 4.79 Å². The summed E-state index contributed by atoms with van der Waals surface area (Å²) in [6.45, 7) is 1.67. The molecule has 0 aliphatic carbocycles. The number of rotatable bonds is 3. The van der Waals surface area contributed by atoms with Crippen LogP contribution in [-0.4, -0.2) is 64.6 Å². The number of aliphatic hydroxyl groups is 3. The highest BCUT2D eigenvalue weighted by atomic mass is 16.6. The number of carbonyl (C=O) groups is 2. The standard InChI is InChI=1S/C9H16N2O7/c1-2-17-9(16)11-8-5(14)3(12)4(13)6(18-8)7(10)15/h3-6,8,12-14H,2H2,1H3,(H2,10,15)(H,11,16). The van der Waals surface area contributed by atoms with Gasteiger partial charge in [0.2, 0.25) is 5.91 Å². The van der Waals surface area contributed by atoms with Crippen molar-refractivity contribution in [2.75, 3.05) is 6.61 Å². The summed E-state index contributed by atoms with van der Waals surface area (Å²) in [5.74, 6) is -1.02. The second-order valence-corrected chi connectivity index (χ2v) is 3.72. The number of nitrogens with one attached hydrogen (secondary N) is 1.